The van der Waals surface area contributed by atoms with E-state index in [2.05, 4.69) is 6.92 Å². The summed E-state index contributed by atoms with van der Waals surface area (Å²) in [5, 5.41) is 0. The molecule has 0 amide bonds. The molecule has 0 saturated heterocycles. The van der Waals surface area contributed by atoms with Crippen molar-refractivity contribution < 1.29 is 9.59 Å². The van der Waals surface area contributed by atoms with Gasteiger partial charge in [-0.2, -0.15) is 0 Å². The molecule has 1 atom stereocenters. The number of carbonyl (C=O) groups excluding carboxylic acids is 2. The van der Waals surface area contributed by atoms with E-state index in [0.717, 1.165) is 35.0 Å². The Bertz CT molecular complexity index is 638. The highest BCUT2D eigenvalue weighted by molar-refractivity contribution is 6.12. The van der Waals surface area contributed by atoms with Crippen LogP contribution in [0.4, 0.5) is 0 Å². The summed E-state index contributed by atoms with van der Waals surface area (Å²) in [5.74, 6) is 0.460. The molecule has 0 N–H and O–H groups in total. The van der Waals surface area contributed by atoms with Crippen LogP contribution < -0.4 is 0 Å². The van der Waals surface area contributed by atoms with E-state index in [-0.39, 0.29) is 17.6 Å². The molecule has 0 unspecified atom stereocenters. The lowest BCUT2D eigenvalue weighted by Crippen LogP contribution is -2.25. The third-order valence-electron chi connectivity index (χ3n) is 4.48. The molecule has 1 aliphatic rings. The highest BCUT2D eigenvalue weighted by Gasteiger charge is 2.34. The Kier molecular flexibility index (Phi) is 3.70. The number of aldehydes is 1. The highest BCUT2D eigenvalue weighted by Crippen LogP contribution is 2.42. The maximum Gasteiger partial charge on any atom is 0.193 e. The number of hydrogen-bond acceptors (Lipinski definition) is 2. The molecule has 2 heteroatoms. The summed E-state index contributed by atoms with van der Waals surface area (Å²) in [7, 11) is 0. The van der Waals surface area contributed by atoms with Crippen molar-refractivity contribution in [2.24, 2.45) is 5.92 Å². The van der Waals surface area contributed by atoms with Gasteiger partial charge in [0.1, 0.15) is 6.29 Å². The molecular weight excluding hydrogens is 260 g/mol. The van der Waals surface area contributed by atoms with Crippen LogP contribution in [0.3, 0.4) is 0 Å². The van der Waals surface area contributed by atoms with Crippen LogP contribution >= 0.6 is 0 Å². The Morgan fingerprint density at radius 1 is 1.00 bits per heavy atom. The minimum atomic E-state index is 0.0957. The van der Waals surface area contributed by atoms with Gasteiger partial charge in [-0.15, -0.1) is 0 Å². The van der Waals surface area contributed by atoms with Crippen molar-refractivity contribution >= 4 is 12.1 Å². The number of rotatable bonds is 4. The topological polar surface area (TPSA) is 34.1 Å². The van der Waals surface area contributed by atoms with Gasteiger partial charge in [-0.3, -0.25) is 4.79 Å². The van der Waals surface area contributed by atoms with E-state index >= 15 is 0 Å². The molecule has 3 rings (SSSR count). The van der Waals surface area contributed by atoms with E-state index in [4.69, 9.17) is 0 Å². The third kappa shape index (κ3) is 2.21. The second kappa shape index (κ2) is 5.65. The number of carbonyl (C=O) groups is 2. The normalized spacial score (nSPS) is 15.2. The molecule has 0 aromatic heterocycles. The fourth-order valence-electron chi connectivity index (χ4n) is 3.43. The van der Waals surface area contributed by atoms with E-state index in [0.29, 0.717) is 6.42 Å². The number of benzene rings is 2. The second-order valence-electron chi connectivity index (χ2n) is 5.55. The number of ketones is 1. The lowest BCUT2D eigenvalue weighted by Gasteiger charge is -2.32. The van der Waals surface area contributed by atoms with Gasteiger partial charge in [0.25, 0.3) is 0 Å². The quantitative estimate of drug-likeness (QED) is 0.793. The van der Waals surface area contributed by atoms with Gasteiger partial charge in [-0.25, -0.2) is 0 Å². The molecule has 0 radical (unpaired) electrons. The zero-order valence-electron chi connectivity index (χ0n) is 12.1. The Balaban J connectivity index is 2.22. The summed E-state index contributed by atoms with van der Waals surface area (Å²) in [6.45, 7) is 2.11. The van der Waals surface area contributed by atoms with Crippen LogP contribution in [-0.2, 0) is 4.79 Å². The molecule has 0 aliphatic heterocycles. The fraction of sp³-hybridized carbons (Fsp3) is 0.263. The van der Waals surface area contributed by atoms with Gasteiger partial charge in [0.2, 0.25) is 0 Å². The van der Waals surface area contributed by atoms with E-state index in [9.17, 15) is 9.59 Å². The zero-order chi connectivity index (χ0) is 14.8. The van der Waals surface area contributed by atoms with Crippen molar-refractivity contribution in [1.82, 2.24) is 0 Å². The minimum Gasteiger partial charge on any atom is -0.303 e. The molecule has 21 heavy (non-hydrogen) atoms. The van der Waals surface area contributed by atoms with Gasteiger partial charge in [0.05, 0.1) is 0 Å². The predicted octanol–water partition coefficient (Wildman–Crippen LogP) is 3.98. The minimum absolute atomic E-state index is 0.0957. The second-order valence-corrected chi connectivity index (χ2v) is 5.55. The van der Waals surface area contributed by atoms with Crippen molar-refractivity contribution in [3.05, 3.63) is 70.8 Å². The monoisotopic (exact) mass is 278 g/mol. The summed E-state index contributed by atoms with van der Waals surface area (Å²) in [5.41, 5.74) is 3.70. The average molecular weight is 278 g/mol. The van der Waals surface area contributed by atoms with Crippen LogP contribution in [0.2, 0.25) is 0 Å². The van der Waals surface area contributed by atoms with Crippen molar-refractivity contribution in [2.75, 3.05) is 0 Å². The van der Waals surface area contributed by atoms with Gasteiger partial charge in [-0.1, -0.05) is 61.9 Å². The fourth-order valence-corrected chi connectivity index (χ4v) is 3.43. The van der Waals surface area contributed by atoms with Crippen molar-refractivity contribution in [1.29, 1.82) is 0 Å². The Morgan fingerprint density at radius 3 is 2.00 bits per heavy atom. The van der Waals surface area contributed by atoms with Crippen molar-refractivity contribution in [2.45, 2.75) is 25.7 Å². The zero-order valence-corrected chi connectivity index (χ0v) is 12.1. The number of fused-ring (bicyclic) bond motifs is 2. The van der Waals surface area contributed by atoms with E-state index < -0.39 is 0 Å². The van der Waals surface area contributed by atoms with Crippen molar-refractivity contribution in [3.8, 4) is 0 Å². The maximum atomic E-state index is 12.7. The molecule has 0 spiro atoms. The largest absolute Gasteiger partial charge is 0.303 e. The molecule has 0 fully saturated rings. The van der Waals surface area contributed by atoms with E-state index in [1.165, 1.54) is 0 Å². The van der Waals surface area contributed by atoms with Crippen LogP contribution in [0.5, 0.6) is 0 Å². The van der Waals surface area contributed by atoms with E-state index in [1.807, 2.05) is 48.5 Å². The lowest BCUT2D eigenvalue weighted by atomic mass is 9.70. The third-order valence-corrected chi connectivity index (χ3v) is 4.48. The van der Waals surface area contributed by atoms with Gasteiger partial charge >= 0.3 is 0 Å². The molecule has 2 aromatic carbocycles. The Morgan fingerprint density at radius 2 is 1.52 bits per heavy atom. The molecule has 2 aromatic rings. The first-order valence-corrected chi connectivity index (χ1v) is 7.44. The summed E-state index contributed by atoms with van der Waals surface area (Å²) >= 11 is 0. The molecule has 0 bridgehead atoms. The van der Waals surface area contributed by atoms with Crippen LogP contribution in [0.25, 0.3) is 0 Å². The Hall–Kier alpha value is -2.22. The highest BCUT2D eigenvalue weighted by atomic mass is 16.1. The van der Waals surface area contributed by atoms with Crippen molar-refractivity contribution in [3.63, 3.8) is 0 Å². The molecular formula is C19H18O2. The van der Waals surface area contributed by atoms with Crippen LogP contribution in [0.1, 0.15) is 52.7 Å². The van der Waals surface area contributed by atoms with Gasteiger partial charge in [0.15, 0.2) is 5.78 Å². The predicted molar refractivity (Wildman–Crippen MR) is 82.6 cm³/mol. The maximum absolute atomic E-state index is 12.7. The van der Waals surface area contributed by atoms with Gasteiger partial charge in [-0.05, 0) is 17.0 Å². The standard InChI is InChI=1S/C19H18O2/c1-2-13(11-12-20)18-14-7-3-5-9-16(14)19(21)17-10-6-4-8-15(17)18/h3-10,12-13,18H,2,11H2,1H3/t13-/m1/s1. The molecule has 2 nitrogen and oxygen atoms in total. The first-order chi connectivity index (χ1) is 10.3. The molecule has 0 heterocycles. The van der Waals surface area contributed by atoms with Gasteiger partial charge in [0, 0.05) is 23.5 Å². The smallest absolute Gasteiger partial charge is 0.193 e. The average Bonchev–Trinajstić information content (AvgIpc) is 2.54. The van der Waals surface area contributed by atoms with Crippen LogP contribution in [-0.4, -0.2) is 12.1 Å². The number of hydrogen-bond donors (Lipinski definition) is 0. The van der Waals surface area contributed by atoms with Crippen LogP contribution in [0, 0.1) is 5.92 Å². The van der Waals surface area contributed by atoms with E-state index in [1.54, 1.807) is 0 Å². The lowest BCUT2D eigenvalue weighted by molar-refractivity contribution is -0.108. The summed E-state index contributed by atoms with van der Waals surface area (Å²) in [6.07, 6.45) is 2.44. The van der Waals surface area contributed by atoms with Crippen LogP contribution in [0.15, 0.2) is 48.5 Å². The van der Waals surface area contributed by atoms with Gasteiger partial charge < -0.3 is 4.79 Å². The summed E-state index contributed by atoms with van der Waals surface area (Å²) < 4.78 is 0. The molecule has 0 saturated carbocycles. The first kappa shape index (κ1) is 13.7. The first-order valence-electron chi connectivity index (χ1n) is 7.44. The summed E-state index contributed by atoms with van der Waals surface area (Å²) in [4.78, 5) is 23.7. The summed E-state index contributed by atoms with van der Waals surface area (Å²) in [6, 6.07) is 15.6. The Labute approximate surface area is 124 Å². The SMILES string of the molecule is CC[C@H](CC=O)C1c2ccccc2C(=O)c2ccccc21. The molecule has 106 valence electrons. The molecule has 1 aliphatic carbocycles.